The number of nitrogens with zero attached hydrogens (tertiary/aromatic N) is 1. The Kier molecular flexibility index (Phi) is 5.78. The van der Waals surface area contributed by atoms with E-state index in [0.29, 0.717) is 0 Å². The lowest BCUT2D eigenvalue weighted by Crippen LogP contribution is -2.28. The summed E-state index contributed by atoms with van der Waals surface area (Å²) in [5.74, 6) is -1.61. The van der Waals surface area contributed by atoms with E-state index in [2.05, 4.69) is 5.32 Å². The van der Waals surface area contributed by atoms with Gasteiger partial charge in [-0.05, 0) is 43.5 Å². The number of nitrogens with one attached hydrogen (secondary N) is 1. The maximum Gasteiger partial charge on any atom is 0.311 e. The van der Waals surface area contributed by atoms with Gasteiger partial charge in [-0.3, -0.25) is 14.4 Å². The summed E-state index contributed by atoms with van der Waals surface area (Å²) in [6, 6.07) is 13.3. The Morgan fingerprint density at radius 3 is 2.36 bits per heavy atom. The molecule has 1 N–H and O–H groups in total. The molecule has 2 aromatic carbocycles. The quantitative estimate of drug-likeness (QED) is 0.809. The highest BCUT2D eigenvalue weighted by Crippen LogP contribution is 2.28. The van der Waals surface area contributed by atoms with Crippen molar-refractivity contribution < 1.29 is 19.1 Å². The van der Waals surface area contributed by atoms with Crippen LogP contribution in [0.3, 0.4) is 0 Å². The third-order valence-electron chi connectivity index (χ3n) is 4.96. The second kappa shape index (κ2) is 8.25. The van der Waals surface area contributed by atoms with Crippen molar-refractivity contribution in [1.29, 1.82) is 0 Å². The molecule has 0 bridgehead atoms. The molecule has 0 spiro atoms. The van der Waals surface area contributed by atoms with Gasteiger partial charge in [0.1, 0.15) is 0 Å². The molecule has 1 heterocycles. The number of carbonyl (C=O) groups is 3. The van der Waals surface area contributed by atoms with Crippen LogP contribution in [0.2, 0.25) is 0 Å². The molecule has 1 saturated heterocycles. The summed E-state index contributed by atoms with van der Waals surface area (Å²) in [7, 11) is 0. The summed E-state index contributed by atoms with van der Waals surface area (Å²) < 4.78 is 5.17. The number of para-hydroxylation sites is 2. The Balaban J connectivity index is 1.56. The van der Waals surface area contributed by atoms with Gasteiger partial charge in [0.05, 0.1) is 5.92 Å². The van der Waals surface area contributed by atoms with E-state index < -0.39 is 17.8 Å². The molecule has 0 aliphatic carbocycles. The molecule has 0 saturated carbocycles. The fourth-order valence-electron chi connectivity index (χ4n) is 3.41. The molecule has 2 aromatic rings. The Bertz CT molecular complexity index is 902. The Hall–Kier alpha value is -3.15. The van der Waals surface area contributed by atoms with Crippen molar-refractivity contribution in [3.63, 3.8) is 0 Å². The van der Waals surface area contributed by atoms with Crippen LogP contribution in [0.1, 0.15) is 23.1 Å². The second-order valence-electron chi connectivity index (χ2n) is 7.11. The van der Waals surface area contributed by atoms with Crippen molar-refractivity contribution in [3.8, 4) is 0 Å². The largest absolute Gasteiger partial charge is 0.455 e. The van der Waals surface area contributed by atoms with E-state index in [1.54, 1.807) is 4.90 Å². The van der Waals surface area contributed by atoms with Gasteiger partial charge in [-0.25, -0.2) is 0 Å². The van der Waals surface area contributed by atoms with Gasteiger partial charge in [0.2, 0.25) is 5.91 Å². The van der Waals surface area contributed by atoms with Gasteiger partial charge < -0.3 is 15.0 Å². The van der Waals surface area contributed by atoms with Crippen LogP contribution in [0.5, 0.6) is 0 Å². The van der Waals surface area contributed by atoms with Crippen molar-refractivity contribution in [2.45, 2.75) is 27.2 Å². The maximum atomic E-state index is 12.4. The van der Waals surface area contributed by atoms with Gasteiger partial charge in [0, 0.05) is 24.3 Å². The smallest absolute Gasteiger partial charge is 0.311 e. The summed E-state index contributed by atoms with van der Waals surface area (Å²) in [6.07, 6.45) is 0.0890. The molecular formula is C22H24N2O4. The highest BCUT2D eigenvalue weighted by atomic mass is 16.5. The third-order valence-corrected chi connectivity index (χ3v) is 4.96. The van der Waals surface area contributed by atoms with Gasteiger partial charge in [0.25, 0.3) is 5.91 Å². The molecule has 6 nitrogen and oxygen atoms in total. The number of benzene rings is 2. The van der Waals surface area contributed by atoms with Crippen molar-refractivity contribution in [1.82, 2.24) is 0 Å². The molecule has 1 fully saturated rings. The van der Waals surface area contributed by atoms with Gasteiger partial charge in [-0.15, -0.1) is 0 Å². The number of hydrogen-bond donors (Lipinski definition) is 1. The first-order valence-corrected chi connectivity index (χ1v) is 9.25. The van der Waals surface area contributed by atoms with E-state index in [9.17, 15) is 14.4 Å². The van der Waals surface area contributed by atoms with Gasteiger partial charge in [-0.2, -0.15) is 0 Å². The Morgan fingerprint density at radius 2 is 1.68 bits per heavy atom. The number of rotatable bonds is 5. The number of aryl methyl sites for hydroxylation is 3. The minimum atomic E-state index is -0.569. The number of hydrogen-bond acceptors (Lipinski definition) is 4. The van der Waals surface area contributed by atoms with E-state index in [1.165, 1.54) is 0 Å². The number of esters is 1. The zero-order valence-corrected chi connectivity index (χ0v) is 16.3. The molecule has 1 aliphatic heterocycles. The summed E-state index contributed by atoms with van der Waals surface area (Å²) >= 11 is 0. The zero-order chi connectivity index (χ0) is 20.3. The second-order valence-corrected chi connectivity index (χ2v) is 7.11. The van der Waals surface area contributed by atoms with E-state index in [0.717, 1.165) is 28.1 Å². The highest BCUT2D eigenvalue weighted by molar-refractivity contribution is 6.00. The molecule has 3 rings (SSSR count). The fourth-order valence-corrected chi connectivity index (χ4v) is 3.41. The molecular weight excluding hydrogens is 356 g/mol. The van der Waals surface area contributed by atoms with Crippen LogP contribution >= 0.6 is 0 Å². The van der Waals surface area contributed by atoms with E-state index >= 15 is 0 Å². The van der Waals surface area contributed by atoms with Crippen molar-refractivity contribution >= 4 is 29.2 Å². The molecule has 1 aliphatic rings. The van der Waals surface area contributed by atoms with Crippen molar-refractivity contribution in [2.24, 2.45) is 5.92 Å². The monoisotopic (exact) mass is 380 g/mol. The zero-order valence-electron chi connectivity index (χ0n) is 16.3. The average molecular weight is 380 g/mol. The maximum absolute atomic E-state index is 12.4. The van der Waals surface area contributed by atoms with Crippen molar-refractivity contribution in [2.75, 3.05) is 23.4 Å². The van der Waals surface area contributed by atoms with Gasteiger partial charge in [0.15, 0.2) is 6.61 Å². The lowest BCUT2D eigenvalue weighted by atomic mass is 10.1. The standard InChI is InChI=1S/C22H24N2O4/c1-14-7-4-5-10-18(14)24-12-17(11-20(24)26)22(27)28-13-19(25)23-21-15(2)8-6-9-16(21)3/h4-10,17H,11-13H2,1-3H3,(H,23,25). The minimum absolute atomic E-state index is 0.0890. The minimum Gasteiger partial charge on any atom is -0.455 e. The van der Waals surface area contributed by atoms with Crippen LogP contribution in [0, 0.1) is 26.7 Å². The van der Waals surface area contributed by atoms with Gasteiger partial charge in [-0.1, -0.05) is 36.4 Å². The lowest BCUT2D eigenvalue weighted by molar-refractivity contribution is -0.151. The van der Waals surface area contributed by atoms with Crippen LogP contribution in [0.25, 0.3) is 0 Å². The van der Waals surface area contributed by atoms with Crippen molar-refractivity contribution in [3.05, 3.63) is 59.2 Å². The van der Waals surface area contributed by atoms with E-state index in [1.807, 2.05) is 63.2 Å². The Labute approximate surface area is 164 Å². The number of carbonyl (C=O) groups excluding carboxylic acids is 3. The van der Waals surface area contributed by atoms with Crippen LogP contribution in [-0.4, -0.2) is 30.9 Å². The number of ether oxygens (including phenoxy) is 1. The molecule has 0 aromatic heterocycles. The van der Waals surface area contributed by atoms with Crippen LogP contribution in [0.15, 0.2) is 42.5 Å². The van der Waals surface area contributed by atoms with E-state index in [-0.39, 0.29) is 25.5 Å². The normalized spacial score (nSPS) is 16.2. The topological polar surface area (TPSA) is 75.7 Å². The first kappa shape index (κ1) is 19.6. The molecule has 1 atom stereocenters. The van der Waals surface area contributed by atoms with Crippen LogP contribution in [-0.2, 0) is 19.1 Å². The Morgan fingerprint density at radius 1 is 1.04 bits per heavy atom. The number of amides is 2. The molecule has 1 unspecified atom stereocenters. The summed E-state index contributed by atoms with van der Waals surface area (Å²) in [5, 5.41) is 2.78. The van der Waals surface area contributed by atoms with E-state index in [4.69, 9.17) is 4.74 Å². The summed E-state index contributed by atoms with van der Waals surface area (Å²) in [5.41, 5.74) is 4.38. The summed E-state index contributed by atoms with van der Waals surface area (Å²) in [6.45, 7) is 5.62. The predicted octanol–water partition coefficient (Wildman–Crippen LogP) is 3.15. The van der Waals surface area contributed by atoms with Gasteiger partial charge >= 0.3 is 5.97 Å². The molecule has 0 radical (unpaired) electrons. The summed E-state index contributed by atoms with van der Waals surface area (Å²) in [4.78, 5) is 38.5. The van der Waals surface area contributed by atoms with Crippen LogP contribution < -0.4 is 10.2 Å². The first-order chi connectivity index (χ1) is 13.4. The average Bonchev–Trinajstić information content (AvgIpc) is 3.05. The highest BCUT2D eigenvalue weighted by Gasteiger charge is 2.36. The molecule has 28 heavy (non-hydrogen) atoms. The lowest BCUT2D eigenvalue weighted by Gasteiger charge is -2.18. The number of anilines is 2. The fraction of sp³-hybridized carbons (Fsp3) is 0.318. The molecule has 6 heteroatoms. The van der Waals surface area contributed by atoms with Crippen LogP contribution in [0.4, 0.5) is 11.4 Å². The molecule has 146 valence electrons. The predicted molar refractivity (Wildman–Crippen MR) is 107 cm³/mol. The molecule has 2 amide bonds. The first-order valence-electron chi connectivity index (χ1n) is 9.25. The third kappa shape index (κ3) is 4.22. The SMILES string of the molecule is Cc1ccccc1N1CC(C(=O)OCC(=O)Nc2c(C)cccc2C)CC1=O.